The van der Waals surface area contributed by atoms with Crippen molar-refractivity contribution in [3.8, 4) is 0 Å². The third-order valence-electron chi connectivity index (χ3n) is 3.99. The molecule has 0 radical (unpaired) electrons. The first-order valence-electron chi connectivity index (χ1n) is 8.52. The van der Waals surface area contributed by atoms with Crippen LogP contribution < -0.4 is 10.9 Å². The largest absolute Gasteiger partial charge is 0.463 e. The smallest absolute Gasteiger partial charge is 0.336 e. The van der Waals surface area contributed by atoms with Gasteiger partial charge in [-0.3, -0.25) is 4.79 Å². The topological polar surface area (TPSA) is 84.1 Å². The fraction of sp³-hybridized carbons (Fsp3) is 0.389. The molecule has 0 saturated carbocycles. The first-order valence-corrected chi connectivity index (χ1v) is 10.4. The van der Waals surface area contributed by atoms with E-state index in [9.17, 15) is 9.59 Å². The van der Waals surface area contributed by atoms with Crippen molar-refractivity contribution in [3.05, 3.63) is 49.6 Å². The van der Waals surface area contributed by atoms with E-state index in [2.05, 4.69) is 22.2 Å². The molecule has 1 unspecified atom stereocenters. The third kappa shape index (κ3) is 3.57. The number of esters is 1. The number of thiophene rings is 1. The maximum Gasteiger partial charge on any atom is 0.336 e. The Morgan fingerprint density at radius 2 is 2.23 bits per heavy atom. The SMILES string of the molecule is CCCSc1nc2c(c(=O)[nH]1)C(c1cccs1)C(C(=O)OCC)=C(C)N2. The zero-order valence-corrected chi connectivity index (χ0v) is 16.6. The number of thioether (sulfide) groups is 1. The first-order chi connectivity index (χ1) is 12.6. The van der Waals surface area contributed by atoms with Crippen molar-refractivity contribution in [1.82, 2.24) is 9.97 Å². The van der Waals surface area contributed by atoms with Gasteiger partial charge in [-0.2, -0.15) is 0 Å². The average molecular weight is 392 g/mol. The van der Waals surface area contributed by atoms with E-state index in [0.29, 0.717) is 27.8 Å². The molecule has 138 valence electrons. The van der Waals surface area contributed by atoms with E-state index in [0.717, 1.165) is 17.1 Å². The van der Waals surface area contributed by atoms with E-state index in [-0.39, 0.29) is 12.2 Å². The van der Waals surface area contributed by atoms with Crippen LogP contribution in [0.5, 0.6) is 0 Å². The molecule has 2 N–H and O–H groups in total. The summed E-state index contributed by atoms with van der Waals surface area (Å²) in [6.07, 6.45) is 0.989. The van der Waals surface area contributed by atoms with Crippen LogP contribution in [0.25, 0.3) is 0 Å². The highest BCUT2D eigenvalue weighted by molar-refractivity contribution is 7.99. The molecule has 0 bridgehead atoms. The average Bonchev–Trinajstić information content (AvgIpc) is 3.13. The number of anilines is 1. The lowest BCUT2D eigenvalue weighted by Gasteiger charge is -2.27. The van der Waals surface area contributed by atoms with E-state index < -0.39 is 11.9 Å². The monoisotopic (exact) mass is 391 g/mol. The fourth-order valence-corrected chi connectivity index (χ4v) is 4.48. The van der Waals surface area contributed by atoms with Crippen molar-refractivity contribution in [2.24, 2.45) is 0 Å². The summed E-state index contributed by atoms with van der Waals surface area (Å²) < 4.78 is 5.24. The Labute approximate surface area is 160 Å². The number of nitrogens with zero attached hydrogens (tertiary/aromatic N) is 1. The summed E-state index contributed by atoms with van der Waals surface area (Å²) in [6.45, 7) is 5.94. The minimum atomic E-state index is -0.480. The maximum atomic E-state index is 12.9. The van der Waals surface area contributed by atoms with E-state index in [1.807, 2.05) is 24.4 Å². The van der Waals surface area contributed by atoms with Gasteiger partial charge in [-0.1, -0.05) is 24.8 Å². The van der Waals surface area contributed by atoms with Gasteiger partial charge in [0.1, 0.15) is 5.82 Å². The molecular formula is C18H21N3O3S2. The van der Waals surface area contributed by atoms with Gasteiger partial charge < -0.3 is 15.0 Å². The van der Waals surface area contributed by atoms with E-state index in [4.69, 9.17) is 4.74 Å². The zero-order valence-electron chi connectivity index (χ0n) is 14.9. The van der Waals surface area contributed by atoms with E-state index in [1.165, 1.54) is 23.1 Å². The third-order valence-corrected chi connectivity index (χ3v) is 6.00. The highest BCUT2D eigenvalue weighted by atomic mass is 32.2. The predicted octanol–water partition coefficient (Wildman–Crippen LogP) is 3.73. The van der Waals surface area contributed by atoms with E-state index >= 15 is 0 Å². The standard InChI is InChI=1S/C18H21N3O3S2/c1-4-8-26-18-20-15-14(16(22)21-18)13(11-7-6-9-25-11)12(10(3)19-15)17(23)24-5-2/h6-7,9,13H,4-5,8H2,1-3H3,(H2,19,20,21,22). The Morgan fingerprint density at radius 1 is 1.42 bits per heavy atom. The number of hydrogen-bond donors (Lipinski definition) is 2. The van der Waals surface area contributed by atoms with Crippen LogP contribution in [0.1, 0.15) is 43.6 Å². The molecule has 2 aromatic rings. The van der Waals surface area contributed by atoms with Crippen LogP contribution in [0, 0.1) is 0 Å². The van der Waals surface area contributed by atoms with Gasteiger partial charge in [0.2, 0.25) is 0 Å². The molecule has 0 aliphatic carbocycles. The van der Waals surface area contributed by atoms with Crippen LogP contribution in [0.4, 0.5) is 5.82 Å². The maximum absolute atomic E-state index is 12.9. The van der Waals surface area contributed by atoms with Crippen LogP contribution >= 0.6 is 23.1 Å². The molecule has 2 aromatic heterocycles. The molecule has 1 aliphatic rings. The van der Waals surface area contributed by atoms with Crippen molar-refractivity contribution in [3.63, 3.8) is 0 Å². The van der Waals surface area contributed by atoms with Gasteiger partial charge in [-0.05, 0) is 31.7 Å². The molecule has 1 atom stereocenters. The summed E-state index contributed by atoms with van der Waals surface area (Å²) in [4.78, 5) is 33.8. The fourth-order valence-electron chi connectivity index (χ4n) is 2.92. The molecule has 6 nitrogen and oxygen atoms in total. The molecule has 0 amide bonds. The van der Waals surface area contributed by atoms with Crippen molar-refractivity contribution in [1.29, 1.82) is 0 Å². The minimum Gasteiger partial charge on any atom is -0.463 e. The molecule has 8 heteroatoms. The second-order valence-electron chi connectivity index (χ2n) is 5.81. The number of carbonyl (C=O) groups excluding carboxylic acids is 1. The van der Waals surface area contributed by atoms with Crippen molar-refractivity contribution < 1.29 is 9.53 Å². The van der Waals surface area contributed by atoms with Gasteiger partial charge >= 0.3 is 5.97 Å². The number of ether oxygens (including phenoxy) is 1. The van der Waals surface area contributed by atoms with Crippen molar-refractivity contribution in [2.75, 3.05) is 17.7 Å². The van der Waals surface area contributed by atoms with Crippen LogP contribution in [0.3, 0.4) is 0 Å². The highest BCUT2D eigenvalue weighted by Crippen LogP contribution is 2.41. The second-order valence-corrected chi connectivity index (χ2v) is 7.88. The molecule has 1 aliphatic heterocycles. The number of fused-ring (bicyclic) bond motifs is 1. The number of hydrogen-bond acceptors (Lipinski definition) is 7. The Kier molecular flexibility index (Phi) is 5.83. The summed E-state index contributed by atoms with van der Waals surface area (Å²) in [5.41, 5.74) is 1.36. The molecule has 26 heavy (non-hydrogen) atoms. The Morgan fingerprint density at radius 3 is 2.88 bits per heavy atom. The quantitative estimate of drug-likeness (QED) is 0.443. The zero-order chi connectivity index (χ0) is 18.7. The second kappa shape index (κ2) is 8.09. The van der Waals surface area contributed by atoms with Crippen LogP contribution in [0.15, 0.2) is 38.7 Å². The number of H-pyrrole nitrogens is 1. The highest BCUT2D eigenvalue weighted by Gasteiger charge is 2.36. The molecule has 0 spiro atoms. The van der Waals surface area contributed by atoms with Crippen molar-refractivity contribution in [2.45, 2.75) is 38.3 Å². The molecule has 0 saturated heterocycles. The van der Waals surface area contributed by atoms with Crippen LogP contribution in [-0.2, 0) is 9.53 Å². The van der Waals surface area contributed by atoms with E-state index in [1.54, 1.807) is 6.92 Å². The summed E-state index contributed by atoms with van der Waals surface area (Å²) in [6, 6.07) is 3.84. The van der Waals surface area contributed by atoms with Gasteiger partial charge in [-0.25, -0.2) is 9.78 Å². The lowest BCUT2D eigenvalue weighted by molar-refractivity contribution is -0.138. The number of allylic oxidation sites excluding steroid dienone is 1. The number of aromatic amines is 1. The van der Waals surface area contributed by atoms with Gasteiger partial charge in [0, 0.05) is 16.3 Å². The van der Waals surface area contributed by atoms with Crippen LogP contribution in [0.2, 0.25) is 0 Å². The van der Waals surface area contributed by atoms with Crippen LogP contribution in [-0.4, -0.2) is 28.3 Å². The number of aromatic nitrogens is 2. The van der Waals surface area contributed by atoms with Gasteiger partial charge in [0.05, 0.1) is 23.7 Å². The number of nitrogens with one attached hydrogen (secondary N) is 2. The van der Waals surface area contributed by atoms with Gasteiger partial charge in [0.25, 0.3) is 5.56 Å². The van der Waals surface area contributed by atoms with Crippen molar-refractivity contribution >= 4 is 34.9 Å². The normalized spacial score (nSPS) is 16.2. The number of rotatable bonds is 6. The molecule has 3 rings (SSSR count). The van der Waals surface area contributed by atoms with Gasteiger partial charge in [-0.15, -0.1) is 11.3 Å². The summed E-state index contributed by atoms with van der Waals surface area (Å²) in [5, 5.41) is 5.65. The molecular weight excluding hydrogens is 370 g/mol. The van der Waals surface area contributed by atoms with Gasteiger partial charge in [0.15, 0.2) is 5.16 Å². The Balaban J connectivity index is 2.14. The Hall–Kier alpha value is -2.06. The number of carbonyl (C=O) groups is 1. The summed E-state index contributed by atoms with van der Waals surface area (Å²) >= 11 is 3.02. The lowest BCUT2D eigenvalue weighted by atomic mass is 9.86. The molecule has 0 aromatic carbocycles. The lowest BCUT2D eigenvalue weighted by Crippen LogP contribution is -2.30. The molecule has 3 heterocycles. The molecule has 0 fully saturated rings. The Bertz CT molecular complexity index is 888. The first kappa shape index (κ1) is 18.7. The summed E-state index contributed by atoms with van der Waals surface area (Å²) in [7, 11) is 0. The summed E-state index contributed by atoms with van der Waals surface area (Å²) in [5.74, 6) is 0.493. The minimum absolute atomic E-state index is 0.228. The predicted molar refractivity (Wildman–Crippen MR) is 105 cm³/mol.